The standard InChI is InChI=1S/C45H27N3O2/c1-3-11-28(12-4-1)29-21-23-31(24-22-29)44-46-43(30-13-5-2-6-14-30)47-45(48-44)37-19-10-18-36-38-27-32(25-26-40(38)50-42(36)37)33-16-9-17-35-34-15-7-8-20-39(34)49-41(33)35/h1-27H/i1D,3D,4D,11D,12D. The predicted molar refractivity (Wildman–Crippen MR) is 202 cm³/mol. The quantitative estimate of drug-likeness (QED) is 0.186. The average Bonchev–Trinajstić information content (AvgIpc) is 3.81. The van der Waals surface area contributed by atoms with Gasteiger partial charge in [-0.3, -0.25) is 0 Å². The highest BCUT2D eigenvalue weighted by Gasteiger charge is 2.19. The van der Waals surface area contributed by atoms with Crippen LogP contribution in [0.1, 0.15) is 6.85 Å². The summed E-state index contributed by atoms with van der Waals surface area (Å²) in [6, 6.07) is 41.4. The van der Waals surface area contributed by atoms with Gasteiger partial charge in [0.25, 0.3) is 0 Å². The van der Waals surface area contributed by atoms with Crippen molar-refractivity contribution >= 4 is 43.9 Å². The van der Waals surface area contributed by atoms with Gasteiger partial charge in [0, 0.05) is 38.2 Å². The predicted octanol–water partition coefficient (Wildman–Crippen LogP) is 12.0. The van der Waals surface area contributed by atoms with Gasteiger partial charge in [0.1, 0.15) is 22.3 Å². The maximum Gasteiger partial charge on any atom is 0.167 e. The molecule has 3 heterocycles. The molecule has 0 saturated carbocycles. The average molecular weight is 647 g/mol. The summed E-state index contributed by atoms with van der Waals surface area (Å²) in [6.07, 6.45) is 0. The molecule has 0 spiro atoms. The molecule has 0 atom stereocenters. The fraction of sp³-hybridized carbons (Fsp3) is 0. The summed E-state index contributed by atoms with van der Waals surface area (Å²) in [5.41, 5.74) is 7.85. The first-order valence-electron chi connectivity index (χ1n) is 18.7. The Bertz CT molecular complexity index is 3130. The van der Waals surface area contributed by atoms with Gasteiger partial charge >= 0.3 is 0 Å². The van der Waals surface area contributed by atoms with E-state index in [9.17, 15) is 0 Å². The van der Waals surface area contributed by atoms with Gasteiger partial charge in [-0.15, -0.1) is 0 Å². The number of hydrogen-bond acceptors (Lipinski definition) is 5. The molecular weight excluding hydrogens is 615 g/mol. The zero-order valence-electron chi connectivity index (χ0n) is 31.4. The molecular formula is C45H27N3O2. The molecule has 0 bridgehead atoms. The molecule has 0 aliphatic rings. The van der Waals surface area contributed by atoms with E-state index in [1.165, 1.54) is 0 Å². The Morgan fingerprint density at radius 3 is 1.72 bits per heavy atom. The minimum atomic E-state index is -0.429. The number of fused-ring (bicyclic) bond motifs is 6. The molecule has 0 N–H and O–H groups in total. The molecule has 10 rings (SSSR count). The molecule has 0 unspecified atom stereocenters. The zero-order chi connectivity index (χ0) is 37.4. The van der Waals surface area contributed by atoms with Crippen LogP contribution in [0.2, 0.25) is 0 Å². The Morgan fingerprint density at radius 1 is 0.380 bits per heavy atom. The molecule has 234 valence electrons. The van der Waals surface area contributed by atoms with Crippen molar-refractivity contribution in [3.63, 3.8) is 0 Å². The highest BCUT2D eigenvalue weighted by atomic mass is 16.3. The topological polar surface area (TPSA) is 65.0 Å². The largest absolute Gasteiger partial charge is 0.455 e. The van der Waals surface area contributed by atoms with E-state index in [1.807, 2.05) is 72.8 Å². The van der Waals surface area contributed by atoms with E-state index in [0.29, 0.717) is 39.7 Å². The molecule has 0 aliphatic carbocycles. The second-order valence-electron chi connectivity index (χ2n) is 12.0. The maximum absolute atomic E-state index is 8.43. The minimum absolute atomic E-state index is 0.132. The van der Waals surface area contributed by atoms with Gasteiger partial charge in [0.05, 0.1) is 12.4 Å². The Hall–Kier alpha value is -6.85. The van der Waals surface area contributed by atoms with Crippen LogP contribution in [0, 0.1) is 0 Å². The fourth-order valence-electron chi connectivity index (χ4n) is 6.64. The van der Waals surface area contributed by atoms with Crippen molar-refractivity contribution in [1.82, 2.24) is 15.0 Å². The van der Waals surface area contributed by atoms with Crippen LogP contribution < -0.4 is 0 Å². The molecule has 0 radical (unpaired) electrons. The van der Waals surface area contributed by atoms with Gasteiger partial charge < -0.3 is 8.83 Å². The highest BCUT2D eigenvalue weighted by Crippen LogP contribution is 2.40. The third-order valence-corrected chi connectivity index (χ3v) is 9.05. The van der Waals surface area contributed by atoms with Crippen molar-refractivity contribution in [2.45, 2.75) is 0 Å². The lowest BCUT2D eigenvalue weighted by Crippen LogP contribution is -2.00. The molecule has 50 heavy (non-hydrogen) atoms. The summed E-state index contributed by atoms with van der Waals surface area (Å²) in [6.45, 7) is 0. The van der Waals surface area contributed by atoms with Gasteiger partial charge in [0.15, 0.2) is 17.5 Å². The second-order valence-corrected chi connectivity index (χ2v) is 12.0. The van der Waals surface area contributed by atoms with Gasteiger partial charge in [-0.05, 0) is 41.0 Å². The summed E-state index contributed by atoms with van der Waals surface area (Å²) in [7, 11) is 0. The van der Waals surface area contributed by atoms with Crippen LogP contribution in [0.3, 0.4) is 0 Å². The number of nitrogens with zero attached hydrogens (tertiary/aromatic N) is 3. The lowest BCUT2D eigenvalue weighted by Gasteiger charge is -2.09. The van der Waals surface area contributed by atoms with Crippen LogP contribution in [0.25, 0.3) is 100 Å². The molecule has 10 aromatic rings. The van der Waals surface area contributed by atoms with Crippen LogP contribution in [0.15, 0.2) is 173 Å². The number of furan rings is 2. The smallest absolute Gasteiger partial charge is 0.167 e. The first kappa shape index (κ1) is 23.5. The number of hydrogen-bond donors (Lipinski definition) is 0. The number of rotatable bonds is 5. The van der Waals surface area contributed by atoms with Gasteiger partial charge in [-0.25, -0.2) is 15.0 Å². The van der Waals surface area contributed by atoms with E-state index in [0.717, 1.165) is 55.0 Å². The molecule has 7 aromatic carbocycles. The fourth-order valence-corrected chi connectivity index (χ4v) is 6.64. The Balaban J connectivity index is 1.11. The molecule has 3 aromatic heterocycles. The van der Waals surface area contributed by atoms with Crippen molar-refractivity contribution < 1.29 is 15.7 Å². The lowest BCUT2D eigenvalue weighted by atomic mass is 10.00. The second kappa shape index (κ2) is 11.4. The molecule has 0 aliphatic heterocycles. The number of benzene rings is 7. The molecule has 0 amide bonds. The van der Waals surface area contributed by atoms with Crippen LogP contribution >= 0.6 is 0 Å². The van der Waals surface area contributed by atoms with Crippen LogP contribution in [-0.2, 0) is 0 Å². The summed E-state index contributed by atoms with van der Waals surface area (Å²) in [5, 5.41) is 4.01. The van der Waals surface area contributed by atoms with Crippen molar-refractivity contribution in [3.05, 3.63) is 164 Å². The van der Waals surface area contributed by atoms with Crippen molar-refractivity contribution in [1.29, 1.82) is 0 Å². The maximum atomic E-state index is 8.43. The van der Waals surface area contributed by atoms with E-state index >= 15 is 0 Å². The first-order valence-corrected chi connectivity index (χ1v) is 16.2. The monoisotopic (exact) mass is 646 g/mol. The van der Waals surface area contributed by atoms with Gasteiger partial charge in [-0.2, -0.15) is 0 Å². The van der Waals surface area contributed by atoms with Crippen LogP contribution in [0.5, 0.6) is 0 Å². The molecule has 0 saturated heterocycles. The van der Waals surface area contributed by atoms with Crippen LogP contribution in [0.4, 0.5) is 0 Å². The zero-order valence-corrected chi connectivity index (χ0v) is 26.4. The van der Waals surface area contributed by atoms with Crippen molar-refractivity contribution in [2.24, 2.45) is 0 Å². The Morgan fingerprint density at radius 2 is 0.940 bits per heavy atom. The Labute approximate surface area is 294 Å². The van der Waals surface area contributed by atoms with Crippen molar-refractivity contribution in [3.8, 4) is 56.4 Å². The van der Waals surface area contributed by atoms with Crippen LogP contribution in [-0.4, -0.2) is 15.0 Å². The van der Waals surface area contributed by atoms with E-state index in [-0.39, 0.29) is 29.7 Å². The first-order chi connectivity index (χ1) is 26.8. The molecule has 5 heteroatoms. The third-order valence-electron chi connectivity index (χ3n) is 9.05. The summed E-state index contributed by atoms with van der Waals surface area (Å²) < 4.78 is 54.0. The Kier molecular flexibility index (Phi) is 5.35. The summed E-state index contributed by atoms with van der Waals surface area (Å²) >= 11 is 0. The third kappa shape index (κ3) is 4.67. The van der Waals surface area contributed by atoms with Gasteiger partial charge in [0.2, 0.25) is 0 Å². The van der Waals surface area contributed by atoms with E-state index < -0.39 is 6.04 Å². The molecule has 0 fully saturated rings. The minimum Gasteiger partial charge on any atom is -0.455 e. The molecule has 5 nitrogen and oxygen atoms in total. The van der Waals surface area contributed by atoms with Gasteiger partial charge in [-0.1, -0.05) is 139 Å². The number of aromatic nitrogens is 3. The summed E-state index contributed by atoms with van der Waals surface area (Å²) in [5.74, 6) is 1.31. The highest BCUT2D eigenvalue weighted by molar-refractivity contribution is 6.13. The SMILES string of the molecule is [2H]c1c([2H])c([2H])c(-c2ccc(-c3nc(-c4ccccc4)nc(-c4cccc5c4oc4ccc(-c6cccc7c6oc6ccccc67)cc45)n3)cc2)c([2H])c1[2H]. The summed E-state index contributed by atoms with van der Waals surface area (Å²) in [4.78, 5) is 14.8. The normalized spacial score (nSPS) is 13.0. The lowest BCUT2D eigenvalue weighted by molar-refractivity contribution is 0.668. The van der Waals surface area contributed by atoms with E-state index in [2.05, 4.69) is 36.4 Å². The van der Waals surface area contributed by atoms with Crippen molar-refractivity contribution in [2.75, 3.05) is 0 Å². The number of para-hydroxylation sites is 3. The van der Waals surface area contributed by atoms with E-state index in [1.54, 1.807) is 24.3 Å². The van der Waals surface area contributed by atoms with E-state index in [4.69, 9.17) is 30.6 Å².